The second-order valence-electron chi connectivity index (χ2n) is 9.34. The van der Waals surface area contributed by atoms with Crippen LogP contribution in [0.3, 0.4) is 0 Å². The van der Waals surface area contributed by atoms with Crippen LogP contribution in [0.25, 0.3) is 0 Å². The number of hydrogen-bond acceptors (Lipinski definition) is 6. The normalized spacial score (nSPS) is 18.9. The average Bonchev–Trinajstić information content (AvgIpc) is 3.38. The molecule has 0 aromatic heterocycles. The van der Waals surface area contributed by atoms with Crippen molar-refractivity contribution < 1.29 is 4.79 Å². The number of anilines is 2. The zero-order valence-corrected chi connectivity index (χ0v) is 22.0. The van der Waals surface area contributed by atoms with E-state index >= 15 is 0 Å². The summed E-state index contributed by atoms with van der Waals surface area (Å²) in [5.41, 5.74) is 5.95. The molecule has 0 N–H and O–H groups in total. The Balaban J connectivity index is 1.47. The van der Waals surface area contributed by atoms with Gasteiger partial charge < -0.3 is 0 Å². The van der Waals surface area contributed by atoms with E-state index in [2.05, 4.69) is 48.3 Å². The van der Waals surface area contributed by atoms with Crippen LogP contribution < -0.4 is 10.0 Å². The fourth-order valence-electron chi connectivity index (χ4n) is 4.91. The van der Waals surface area contributed by atoms with E-state index in [0.717, 1.165) is 41.9 Å². The maximum atomic E-state index is 13.6. The van der Waals surface area contributed by atoms with E-state index in [1.807, 2.05) is 83.9 Å². The van der Waals surface area contributed by atoms with Gasteiger partial charge in [0.25, 0.3) is 0 Å². The number of Topliss-reactive ketones (excluding diaryl/α,β-unsaturated/α-hetero) is 1. The molecule has 38 heavy (non-hydrogen) atoms. The van der Waals surface area contributed by atoms with E-state index in [1.54, 1.807) is 0 Å². The van der Waals surface area contributed by atoms with Gasteiger partial charge in [-0.2, -0.15) is 10.2 Å². The first-order valence-corrected chi connectivity index (χ1v) is 13.7. The largest absolute Gasteiger partial charge is 0.286 e. The highest BCUT2D eigenvalue weighted by Gasteiger charge is 2.53. The van der Waals surface area contributed by atoms with Gasteiger partial charge in [0.1, 0.15) is 0 Å². The first-order chi connectivity index (χ1) is 18.7. The molecule has 0 amide bonds. The molecule has 0 aliphatic carbocycles. The monoisotopic (exact) mass is 516 g/mol. The SMILES string of the molecule is CCc1ccc(C2=NN(c3ccccc3)[C@]3(CC2)SC(C(=O)c2ccccc2)=NN3c2ccccc2)cc1. The van der Waals surface area contributed by atoms with Crippen molar-refractivity contribution in [2.24, 2.45) is 10.2 Å². The molecule has 2 heterocycles. The molecule has 2 aliphatic heterocycles. The van der Waals surface area contributed by atoms with Crippen molar-refractivity contribution in [1.82, 2.24) is 0 Å². The van der Waals surface area contributed by atoms with Crippen LogP contribution in [0.4, 0.5) is 11.4 Å². The van der Waals surface area contributed by atoms with Gasteiger partial charge in [0, 0.05) is 12.0 Å². The molecule has 0 saturated carbocycles. The Bertz CT molecular complexity index is 1490. The van der Waals surface area contributed by atoms with Gasteiger partial charge >= 0.3 is 0 Å². The first-order valence-electron chi connectivity index (χ1n) is 12.9. The maximum Gasteiger partial charge on any atom is 0.219 e. The Morgan fingerprint density at radius 2 is 1.32 bits per heavy atom. The molecule has 0 radical (unpaired) electrons. The molecular formula is C32H28N4OS. The molecule has 2 aliphatic rings. The Labute approximate surface area is 227 Å². The molecule has 5 nitrogen and oxygen atoms in total. The minimum Gasteiger partial charge on any atom is -0.286 e. The molecule has 0 fully saturated rings. The van der Waals surface area contributed by atoms with Crippen molar-refractivity contribution in [3.63, 3.8) is 0 Å². The highest BCUT2D eigenvalue weighted by molar-refractivity contribution is 8.17. The number of carbonyl (C=O) groups excluding carboxylic acids is 1. The Morgan fingerprint density at radius 3 is 1.89 bits per heavy atom. The zero-order chi connectivity index (χ0) is 26.0. The summed E-state index contributed by atoms with van der Waals surface area (Å²) in [6, 6.07) is 38.3. The van der Waals surface area contributed by atoms with E-state index in [1.165, 1.54) is 17.3 Å². The second-order valence-corrected chi connectivity index (χ2v) is 10.6. The highest BCUT2D eigenvalue weighted by atomic mass is 32.2. The third kappa shape index (κ3) is 4.41. The van der Waals surface area contributed by atoms with Gasteiger partial charge in [-0.1, -0.05) is 97.9 Å². The van der Waals surface area contributed by atoms with Crippen molar-refractivity contribution in [1.29, 1.82) is 0 Å². The Hall–Kier alpha value is -4.16. The number of nitrogens with zero attached hydrogens (tertiary/aromatic N) is 4. The van der Waals surface area contributed by atoms with Gasteiger partial charge in [-0.05, 0) is 60.0 Å². The standard InChI is InChI=1S/C32H28N4OS/c1-2-24-18-20-25(21-19-24)29-22-23-32(35(33-29)27-14-8-4-9-15-27)36(28-16-10-5-11-17-28)34-31(38-32)30(37)26-12-6-3-7-13-26/h3-21H,2,22-23H2,1H3/t32-/m0/s1. The van der Waals surface area contributed by atoms with E-state index in [4.69, 9.17) is 10.2 Å². The number of hydrazone groups is 2. The van der Waals surface area contributed by atoms with E-state index in [0.29, 0.717) is 10.6 Å². The van der Waals surface area contributed by atoms with Crippen molar-refractivity contribution in [2.75, 3.05) is 10.0 Å². The van der Waals surface area contributed by atoms with Crippen molar-refractivity contribution in [3.05, 3.63) is 132 Å². The van der Waals surface area contributed by atoms with Crippen LogP contribution in [0.15, 0.2) is 125 Å². The fraction of sp³-hybridized carbons (Fsp3) is 0.156. The van der Waals surface area contributed by atoms with Gasteiger partial charge in [0.15, 0.2) is 5.04 Å². The lowest BCUT2D eigenvalue weighted by Gasteiger charge is -2.46. The number of ketones is 1. The summed E-state index contributed by atoms with van der Waals surface area (Å²) in [7, 11) is 0. The maximum absolute atomic E-state index is 13.6. The fourth-order valence-corrected chi connectivity index (χ4v) is 6.22. The number of rotatable bonds is 6. The van der Waals surface area contributed by atoms with Crippen LogP contribution in [-0.2, 0) is 6.42 Å². The van der Waals surface area contributed by atoms with Gasteiger partial charge in [0.2, 0.25) is 10.8 Å². The van der Waals surface area contributed by atoms with Crippen molar-refractivity contribution in [2.45, 2.75) is 31.2 Å². The van der Waals surface area contributed by atoms with Gasteiger partial charge in [-0.3, -0.25) is 4.79 Å². The lowest BCUT2D eigenvalue weighted by atomic mass is 10.0. The van der Waals surface area contributed by atoms with Crippen LogP contribution >= 0.6 is 11.8 Å². The van der Waals surface area contributed by atoms with Gasteiger partial charge in [-0.15, -0.1) is 0 Å². The van der Waals surface area contributed by atoms with E-state index in [-0.39, 0.29) is 5.78 Å². The van der Waals surface area contributed by atoms with Crippen LogP contribution in [0.2, 0.25) is 0 Å². The zero-order valence-electron chi connectivity index (χ0n) is 21.2. The number of benzene rings is 4. The van der Waals surface area contributed by atoms with E-state index in [9.17, 15) is 4.79 Å². The Morgan fingerprint density at radius 1 is 0.763 bits per heavy atom. The second kappa shape index (κ2) is 10.3. The molecule has 6 heteroatoms. The molecule has 6 rings (SSSR count). The smallest absolute Gasteiger partial charge is 0.219 e. The number of thioether (sulfide) groups is 1. The minimum atomic E-state index is -0.727. The molecule has 188 valence electrons. The third-order valence-electron chi connectivity index (χ3n) is 6.95. The summed E-state index contributed by atoms with van der Waals surface area (Å²) >= 11 is 1.49. The quantitative estimate of drug-likeness (QED) is 0.251. The summed E-state index contributed by atoms with van der Waals surface area (Å²) in [4.78, 5) is 12.9. The number of hydrogen-bond donors (Lipinski definition) is 0. The lowest BCUT2D eigenvalue weighted by molar-refractivity contribution is 0.106. The van der Waals surface area contributed by atoms with Crippen LogP contribution in [-0.4, -0.2) is 21.5 Å². The average molecular weight is 517 g/mol. The molecular weight excluding hydrogens is 488 g/mol. The summed E-state index contributed by atoms with van der Waals surface area (Å²) in [5, 5.41) is 14.7. The van der Waals surface area contributed by atoms with E-state index < -0.39 is 4.99 Å². The van der Waals surface area contributed by atoms with Crippen molar-refractivity contribution in [3.8, 4) is 0 Å². The predicted molar refractivity (Wildman–Crippen MR) is 158 cm³/mol. The molecule has 4 aromatic rings. The van der Waals surface area contributed by atoms with Crippen LogP contribution in [0.1, 0.15) is 41.3 Å². The predicted octanol–water partition coefficient (Wildman–Crippen LogP) is 7.36. The summed E-state index contributed by atoms with van der Waals surface area (Å²) in [6.07, 6.45) is 2.49. The summed E-state index contributed by atoms with van der Waals surface area (Å²) in [5.74, 6) is -0.0775. The lowest BCUT2D eigenvalue weighted by Crippen LogP contribution is -2.56. The molecule has 1 atom stereocenters. The molecule has 1 spiro atoms. The molecule has 0 bridgehead atoms. The minimum absolute atomic E-state index is 0.0775. The number of carbonyl (C=O) groups is 1. The topological polar surface area (TPSA) is 48.3 Å². The van der Waals surface area contributed by atoms with Crippen LogP contribution in [0.5, 0.6) is 0 Å². The number of aryl methyl sites for hydroxylation is 1. The number of para-hydroxylation sites is 2. The Kier molecular flexibility index (Phi) is 6.56. The van der Waals surface area contributed by atoms with Crippen LogP contribution in [0, 0.1) is 0 Å². The highest BCUT2D eigenvalue weighted by Crippen LogP contribution is 2.50. The summed E-state index contributed by atoms with van der Waals surface area (Å²) in [6.45, 7) is 2.16. The van der Waals surface area contributed by atoms with Crippen molar-refractivity contribution >= 4 is 39.7 Å². The third-order valence-corrected chi connectivity index (χ3v) is 8.29. The molecule has 4 aromatic carbocycles. The van der Waals surface area contributed by atoms with Gasteiger partial charge in [-0.25, -0.2) is 10.0 Å². The first kappa shape index (κ1) is 24.2. The summed E-state index contributed by atoms with van der Waals surface area (Å²) < 4.78 is 0. The molecule has 0 saturated heterocycles. The molecule has 0 unspecified atom stereocenters. The van der Waals surface area contributed by atoms with Gasteiger partial charge in [0.05, 0.1) is 17.1 Å².